The topological polar surface area (TPSA) is 63.5 Å². The molecule has 1 atom stereocenters. The Bertz CT molecular complexity index is 410. The minimum atomic E-state index is -0.625. The maximum absolute atomic E-state index is 9.54. The SMILES string of the molecule is NC[C@H](O)c1cnn2ccccc12. The van der Waals surface area contributed by atoms with E-state index in [0.29, 0.717) is 0 Å². The number of nitrogens with zero attached hydrogens (tertiary/aromatic N) is 2. The van der Waals surface area contributed by atoms with Gasteiger partial charge >= 0.3 is 0 Å². The van der Waals surface area contributed by atoms with Gasteiger partial charge in [0, 0.05) is 18.3 Å². The first-order chi connectivity index (χ1) is 6.33. The average molecular weight is 177 g/mol. The van der Waals surface area contributed by atoms with Crippen LogP contribution in [0.3, 0.4) is 0 Å². The van der Waals surface area contributed by atoms with Crippen LogP contribution in [0, 0.1) is 0 Å². The van der Waals surface area contributed by atoms with Gasteiger partial charge in [0.25, 0.3) is 0 Å². The Morgan fingerprint density at radius 3 is 3.15 bits per heavy atom. The fourth-order valence-electron chi connectivity index (χ4n) is 1.34. The van der Waals surface area contributed by atoms with Gasteiger partial charge in [-0.25, -0.2) is 4.52 Å². The standard InChI is InChI=1S/C9H11N3O/c10-5-9(13)7-6-11-12-4-2-1-3-8(7)12/h1-4,6,9,13H,5,10H2/t9-/m0/s1. The molecule has 68 valence electrons. The monoisotopic (exact) mass is 177 g/mol. The van der Waals surface area contributed by atoms with Gasteiger partial charge in [0.05, 0.1) is 17.8 Å². The molecule has 0 radical (unpaired) electrons. The molecule has 0 aromatic carbocycles. The van der Waals surface area contributed by atoms with Crippen molar-refractivity contribution in [3.63, 3.8) is 0 Å². The predicted molar refractivity (Wildman–Crippen MR) is 49.2 cm³/mol. The van der Waals surface area contributed by atoms with Crippen molar-refractivity contribution in [2.24, 2.45) is 5.73 Å². The third-order valence-corrected chi connectivity index (χ3v) is 2.04. The average Bonchev–Trinajstić information content (AvgIpc) is 2.60. The summed E-state index contributed by atoms with van der Waals surface area (Å²) >= 11 is 0. The third-order valence-electron chi connectivity index (χ3n) is 2.04. The summed E-state index contributed by atoms with van der Waals surface area (Å²) in [7, 11) is 0. The van der Waals surface area contributed by atoms with Gasteiger partial charge < -0.3 is 10.8 Å². The van der Waals surface area contributed by atoms with Crippen LogP contribution in [0.2, 0.25) is 0 Å². The molecule has 0 saturated carbocycles. The highest BCUT2D eigenvalue weighted by Crippen LogP contribution is 2.17. The summed E-state index contributed by atoms with van der Waals surface area (Å²) in [4.78, 5) is 0. The Kier molecular flexibility index (Phi) is 2.00. The molecule has 0 aliphatic heterocycles. The molecule has 4 nitrogen and oxygen atoms in total. The van der Waals surface area contributed by atoms with E-state index in [-0.39, 0.29) is 6.54 Å². The van der Waals surface area contributed by atoms with Crippen LogP contribution in [-0.2, 0) is 0 Å². The van der Waals surface area contributed by atoms with E-state index in [9.17, 15) is 5.11 Å². The molecule has 2 aromatic heterocycles. The summed E-state index contributed by atoms with van der Waals surface area (Å²) in [6, 6.07) is 5.70. The molecule has 0 aliphatic rings. The third kappa shape index (κ3) is 1.30. The number of hydrogen-bond acceptors (Lipinski definition) is 3. The number of aliphatic hydroxyl groups is 1. The first-order valence-corrected chi connectivity index (χ1v) is 4.13. The van der Waals surface area contributed by atoms with Crippen molar-refractivity contribution in [3.8, 4) is 0 Å². The molecule has 13 heavy (non-hydrogen) atoms. The van der Waals surface area contributed by atoms with E-state index in [1.807, 2.05) is 24.4 Å². The van der Waals surface area contributed by atoms with Gasteiger partial charge in [-0.2, -0.15) is 5.10 Å². The molecule has 0 bridgehead atoms. The number of fused-ring (bicyclic) bond motifs is 1. The van der Waals surface area contributed by atoms with E-state index in [2.05, 4.69) is 5.10 Å². The van der Waals surface area contributed by atoms with E-state index < -0.39 is 6.10 Å². The molecule has 4 heteroatoms. The van der Waals surface area contributed by atoms with Crippen LogP contribution in [-0.4, -0.2) is 21.3 Å². The molecule has 2 rings (SSSR count). The quantitative estimate of drug-likeness (QED) is 0.694. The van der Waals surface area contributed by atoms with Crippen LogP contribution >= 0.6 is 0 Å². The molecule has 0 aliphatic carbocycles. The van der Waals surface area contributed by atoms with E-state index in [1.165, 1.54) is 0 Å². The van der Waals surface area contributed by atoms with Crippen LogP contribution in [0.4, 0.5) is 0 Å². The Morgan fingerprint density at radius 1 is 1.54 bits per heavy atom. The second kappa shape index (κ2) is 3.16. The zero-order valence-corrected chi connectivity index (χ0v) is 7.09. The number of pyridine rings is 1. The van der Waals surface area contributed by atoms with Gasteiger partial charge in [-0.3, -0.25) is 0 Å². The van der Waals surface area contributed by atoms with Gasteiger partial charge in [-0.15, -0.1) is 0 Å². The lowest BCUT2D eigenvalue weighted by Crippen LogP contribution is -2.11. The van der Waals surface area contributed by atoms with E-state index in [1.54, 1.807) is 10.7 Å². The maximum atomic E-state index is 9.54. The summed E-state index contributed by atoms with van der Waals surface area (Å²) in [5.41, 5.74) is 7.05. The number of nitrogens with two attached hydrogens (primary N) is 1. The lowest BCUT2D eigenvalue weighted by atomic mass is 10.1. The molecule has 0 fully saturated rings. The molecule has 2 heterocycles. The number of aromatic nitrogens is 2. The summed E-state index contributed by atoms with van der Waals surface area (Å²) in [6.07, 6.45) is 2.86. The lowest BCUT2D eigenvalue weighted by Gasteiger charge is -2.04. The normalized spacial score (nSPS) is 13.4. The van der Waals surface area contributed by atoms with Crippen molar-refractivity contribution >= 4 is 5.52 Å². The molecule has 2 aromatic rings. The minimum absolute atomic E-state index is 0.218. The van der Waals surface area contributed by atoms with E-state index in [0.717, 1.165) is 11.1 Å². The largest absolute Gasteiger partial charge is 0.387 e. The van der Waals surface area contributed by atoms with Gasteiger partial charge in [-0.1, -0.05) is 6.07 Å². The van der Waals surface area contributed by atoms with Gasteiger partial charge in [0.15, 0.2) is 0 Å². The highest BCUT2D eigenvalue weighted by molar-refractivity contribution is 5.54. The Hall–Kier alpha value is -1.39. The van der Waals surface area contributed by atoms with Crippen LogP contribution in [0.25, 0.3) is 5.52 Å². The van der Waals surface area contributed by atoms with Gasteiger partial charge in [0.1, 0.15) is 0 Å². The fourth-order valence-corrected chi connectivity index (χ4v) is 1.34. The Balaban J connectivity index is 2.57. The molecule has 0 unspecified atom stereocenters. The van der Waals surface area contributed by atoms with Crippen molar-refractivity contribution in [2.75, 3.05) is 6.54 Å². The highest BCUT2D eigenvalue weighted by atomic mass is 16.3. The second-order valence-corrected chi connectivity index (χ2v) is 2.88. The molecule has 0 amide bonds. The summed E-state index contributed by atoms with van der Waals surface area (Å²) < 4.78 is 1.72. The van der Waals surface area contributed by atoms with Crippen molar-refractivity contribution in [3.05, 3.63) is 36.2 Å². The van der Waals surface area contributed by atoms with Crippen LogP contribution in [0.1, 0.15) is 11.7 Å². The van der Waals surface area contributed by atoms with Gasteiger partial charge in [0.2, 0.25) is 0 Å². The van der Waals surface area contributed by atoms with E-state index in [4.69, 9.17) is 5.73 Å². The molecule has 0 spiro atoms. The lowest BCUT2D eigenvalue weighted by molar-refractivity contribution is 0.188. The van der Waals surface area contributed by atoms with Crippen molar-refractivity contribution in [2.45, 2.75) is 6.10 Å². The maximum Gasteiger partial charge on any atom is 0.0948 e. The second-order valence-electron chi connectivity index (χ2n) is 2.88. The minimum Gasteiger partial charge on any atom is -0.387 e. The first kappa shape index (κ1) is 8.22. The summed E-state index contributed by atoms with van der Waals surface area (Å²) in [5, 5.41) is 13.6. The van der Waals surface area contributed by atoms with Crippen molar-refractivity contribution in [1.82, 2.24) is 9.61 Å². The molecule has 0 saturated heterocycles. The van der Waals surface area contributed by atoms with Gasteiger partial charge in [-0.05, 0) is 12.1 Å². The van der Waals surface area contributed by atoms with Crippen LogP contribution < -0.4 is 5.73 Å². The van der Waals surface area contributed by atoms with Crippen molar-refractivity contribution < 1.29 is 5.11 Å². The summed E-state index contributed by atoms with van der Waals surface area (Å²) in [6.45, 7) is 0.218. The first-order valence-electron chi connectivity index (χ1n) is 4.13. The predicted octanol–water partition coefficient (Wildman–Crippen LogP) is 0.326. The number of hydrogen-bond donors (Lipinski definition) is 2. The number of aliphatic hydroxyl groups excluding tert-OH is 1. The summed E-state index contributed by atoms with van der Waals surface area (Å²) in [5.74, 6) is 0. The number of rotatable bonds is 2. The zero-order chi connectivity index (χ0) is 9.26. The Morgan fingerprint density at radius 2 is 2.38 bits per heavy atom. The molecular formula is C9H11N3O. The highest BCUT2D eigenvalue weighted by Gasteiger charge is 2.10. The van der Waals surface area contributed by atoms with E-state index >= 15 is 0 Å². The molecular weight excluding hydrogens is 166 g/mol. The van der Waals surface area contributed by atoms with Crippen LogP contribution in [0.15, 0.2) is 30.6 Å². The molecule has 3 N–H and O–H groups in total. The van der Waals surface area contributed by atoms with Crippen molar-refractivity contribution in [1.29, 1.82) is 0 Å². The fraction of sp³-hybridized carbons (Fsp3) is 0.222. The zero-order valence-electron chi connectivity index (χ0n) is 7.09. The Labute approximate surface area is 75.6 Å². The smallest absolute Gasteiger partial charge is 0.0948 e. The van der Waals surface area contributed by atoms with Crippen LogP contribution in [0.5, 0.6) is 0 Å².